The lowest BCUT2D eigenvalue weighted by Crippen LogP contribution is -2.16. The van der Waals surface area contributed by atoms with Gasteiger partial charge in [-0.15, -0.1) is 0 Å². The van der Waals surface area contributed by atoms with E-state index in [2.05, 4.69) is 9.97 Å². The third kappa shape index (κ3) is 4.92. The predicted octanol–water partition coefficient (Wildman–Crippen LogP) is 1.67. The Morgan fingerprint density at radius 2 is 2.19 bits per heavy atom. The zero-order valence-corrected chi connectivity index (χ0v) is 11.8. The molecule has 0 saturated heterocycles. The number of benzene rings is 1. The number of rotatable bonds is 6. The van der Waals surface area contributed by atoms with Crippen LogP contribution < -0.4 is 10.3 Å². The van der Waals surface area contributed by atoms with E-state index in [1.54, 1.807) is 24.3 Å². The summed E-state index contributed by atoms with van der Waals surface area (Å²) < 4.78 is 5.49. The van der Waals surface area contributed by atoms with Crippen LogP contribution in [0.25, 0.3) is 0 Å². The van der Waals surface area contributed by atoms with Gasteiger partial charge in [0.25, 0.3) is 5.56 Å². The molecule has 0 saturated carbocycles. The number of nitrogens with one attached hydrogen (secondary N) is 1. The first kappa shape index (κ1) is 15.1. The topological polar surface area (TPSA) is 92.3 Å². The van der Waals surface area contributed by atoms with Crippen molar-refractivity contribution in [2.45, 2.75) is 12.8 Å². The van der Waals surface area contributed by atoms with Crippen molar-refractivity contribution >= 4 is 17.6 Å². The number of aliphatic carboxylic acids is 1. The van der Waals surface area contributed by atoms with E-state index in [0.717, 1.165) is 0 Å². The highest BCUT2D eigenvalue weighted by Crippen LogP contribution is 2.17. The molecule has 0 unspecified atom stereocenters. The molecule has 0 aliphatic carbocycles. The number of hydrogen-bond acceptors (Lipinski definition) is 4. The molecule has 7 heteroatoms. The van der Waals surface area contributed by atoms with Crippen LogP contribution in [0.15, 0.2) is 35.1 Å². The van der Waals surface area contributed by atoms with Crippen molar-refractivity contribution in [2.24, 2.45) is 0 Å². The molecular formula is C14H13ClN2O4. The van der Waals surface area contributed by atoms with Gasteiger partial charge >= 0.3 is 5.97 Å². The second-order valence-corrected chi connectivity index (χ2v) is 4.75. The average molecular weight is 309 g/mol. The number of ether oxygens (including phenoxy) is 1. The van der Waals surface area contributed by atoms with Crippen LogP contribution in [0.2, 0.25) is 5.02 Å². The maximum atomic E-state index is 11.4. The smallest absolute Gasteiger partial charge is 0.309 e. The Morgan fingerprint density at radius 3 is 2.90 bits per heavy atom. The lowest BCUT2D eigenvalue weighted by atomic mass is 10.3. The molecule has 0 amide bonds. The minimum atomic E-state index is -1.03. The summed E-state index contributed by atoms with van der Waals surface area (Å²) in [5.74, 6) is -0.0263. The summed E-state index contributed by atoms with van der Waals surface area (Å²) in [6.45, 7) is 0.291. The van der Waals surface area contributed by atoms with Gasteiger partial charge in [0.05, 0.1) is 18.7 Å². The number of hydrogen-bond donors (Lipinski definition) is 2. The molecule has 6 nitrogen and oxygen atoms in total. The van der Waals surface area contributed by atoms with E-state index in [-0.39, 0.29) is 17.7 Å². The van der Waals surface area contributed by atoms with Gasteiger partial charge in [0.1, 0.15) is 11.6 Å². The van der Waals surface area contributed by atoms with Gasteiger partial charge in [0.15, 0.2) is 0 Å². The van der Waals surface area contributed by atoms with E-state index in [4.69, 9.17) is 21.4 Å². The van der Waals surface area contributed by atoms with Gasteiger partial charge in [-0.3, -0.25) is 9.59 Å². The normalized spacial score (nSPS) is 10.3. The fourth-order valence-corrected chi connectivity index (χ4v) is 1.93. The van der Waals surface area contributed by atoms with Crippen molar-refractivity contribution in [3.8, 4) is 5.75 Å². The summed E-state index contributed by atoms with van der Waals surface area (Å²) in [5.41, 5.74) is -0.150. The number of carboxylic acids is 1. The van der Waals surface area contributed by atoms with Crippen molar-refractivity contribution in [3.63, 3.8) is 0 Å². The highest BCUT2D eigenvalue weighted by atomic mass is 35.5. The molecule has 0 spiro atoms. The molecule has 0 radical (unpaired) electrons. The summed E-state index contributed by atoms with van der Waals surface area (Å²) in [5, 5.41) is 9.28. The second-order valence-electron chi connectivity index (χ2n) is 4.31. The Kier molecular flexibility index (Phi) is 4.94. The van der Waals surface area contributed by atoms with E-state index >= 15 is 0 Å². The van der Waals surface area contributed by atoms with E-state index in [9.17, 15) is 9.59 Å². The zero-order valence-electron chi connectivity index (χ0n) is 11.0. The molecule has 2 N–H and O–H groups in total. The van der Waals surface area contributed by atoms with Crippen LogP contribution in [0, 0.1) is 0 Å². The lowest BCUT2D eigenvalue weighted by molar-refractivity contribution is -0.136. The van der Waals surface area contributed by atoms with Crippen molar-refractivity contribution in [2.75, 3.05) is 6.61 Å². The molecule has 2 rings (SSSR count). The first-order valence-electron chi connectivity index (χ1n) is 6.22. The molecule has 2 aromatic rings. The predicted molar refractivity (Wildman–Crippen MR) is 76.8 cm³/mol. The summed E-state index contributed by atoms with van der Waals surface area (Å²) in [4.78, 5) is 28.7. The van der Waals surface area contributed by atoms with Gasteiger partial charge in [0, 0.05) is 17.5 Å². The minimum absolute atomic E-state index is 0.226. The summed E-state index contributed by atoms with van der Waals surface area (Å²) in [6, 6.07) is 8.13. The first-order chi connectivity index (χ1) is 10.0. The number of nitrogens with zero attached hydrogens (tertiary/aromatic N) is 1. The molecule has 21 heavy (non-hydrogen) atoms. The van der Waals surface area contributed by atoms with Crippen molar-refractivity contribution in [1.82, 2.24) is 9.97 Å². The van der Waals surface area contributed by atoms with Crippen LogP contribution in [0.5, 0.6) is 5.75 Å². The van der Waals surface area contributed by atoms with Gasteiger partial charge in [-0.25, -0.2) is 4.98 Å². The molecule has 0 aliphatic rings. The third-order valence-electron chi connectivity index (χ3n) is 2.58. The third-order valence-corrected chi connectivity index (χ3v) is 2.81. The monoisotopic (exact) mass is 308 g/mol. The van der Waals surface area contributed by atoms with Crippen LogP contribution in [0.3, 0.4) is 0 Å². The Labute approximate surface area is 125 Å². The second kappa shape index (κ2) is 6.90. The average Bonchev–Trinajstić information content (AvgIpc) is 2.37. The van der Waals surface area contributed by atoms with E-state index in [1.807, 2.05) is 0 Å². The Morgan fingerprint density at radius 1 is 1.38 bits per heavy atom. The summed E-state index contributed by atoms with van der Waals surface area (Å²) >= 11 is 5.84. The fourth-order valence-electron chi connectivity index (χ4n) is 1.75. The zero-order chi connectivity index (χ0) is 15.2. The Balaban J connectivity index is 1.98. The number of aromatic nitrogens is 2. The van der Waals surface area contributed by atoms with Crippen molar-refractivity contribution in [3.05, 3.63) is 57.2 Å². The molecule has 1 aromatic heterocycles. The number of carboxylic acid groups (broad SMARTS) is 1. The Hall–Kier alpha value is -2.34. The van der Waals surface area contributed by atoms with Crippen LogP contribution in [0.1, 0.15) is 11.5 Å². The molecule has 0 atom stereocenters. The van der Waals surface area contributed by atoms with Gasteiger partial charge in [-0.2, -0.15) is 0 Å². The molecule has 1 heterocycles. The molecule has 0 aliphatic heterocycles. The summed E-state index contributed by atoms with van der Waals surface area (Å²) in [7, 11) is 0. The van der Waals surface area contributed by atoms with Crippen LogP contribution in [0.4, 0.5) is 0 Å². The Bertz CT molecular complexity index is 699. The number of aromatic amines is 1. The van der Waals surface area contributed by atoms with Gasteiger partial charge in [-0.05, 0) is 18.2 Å². The standard InChI is InChI=1S/C14H13ClN2O4/c15-9-2-1-3-11(6-9)21-5-4-12-16-10(8-14(19)20)7-13(18)17-12/h1-3,6-7H,4-5,8H2,(H,19,20)(H,16,17,18). The van der Waals surface area contributed by atoms with Gasteiger partial charge in [0.2, 0.25) is 0 Å². The number of halogens is 1. The van der Waals surface area contributed by atoms with Crippen LogP contribution in [-0.2, 0) is 17.6 Å². The van der Waals surface area contributed by atoms with Crippen molar-refractivity contribution < 1.29 is 14.6 Å². The highest BCUT2D eigenvalue weighted by molar-refractivity contribution is 6.30. The van der Waals surface area contributed by atoms with Crippen molar-refractivity contribution in [1.29, 1.82) is 0 Å². The molecular weight excluding hydrogens is 296 g/mol. The fraction of sp³-hybridized carbons (Fsp3) is 0.214. The largest absolute Gasteiger partial charge is 0.493 e. The number of carbonyl (C=O) groups is 1. The minimum Gasteiger partial charge on any atom is -0.493 e. The van der Waals surface area contributed by atoms with E-state index < -0.39 is 5.97 Å². The van der Waals surface area contributed by atoms with Gasteiger partial charge < -0.3 is 14.8 Å². The molecule has 1 aromatic carbocycles. The summed E-state index contributed by atoms with van der Waals surface area (Å²) in [6.07, 6.45) is 0.0707. The SMILES string of the molecule is O=C(O)Cc1cc(=O)[nH]c(CCOc2cccc(Cl)c2)n1. The highest BCUT2D eigenvalue weighted by Gasteiger charge is 2.06. The lowest BCUT2D eigenvalue weighted by Gasteiger charge is -2.06. The molecule has 110 valence electrons. The maximum Gasteiger partial charge on any atom is 0.309 e. The molecule has 0 bridgehead atoms. The van der Waals surface area contributed by atoms with Gasteiger partial charge in [-0.1, -0.05) is 17.7 Å². The van der Waals surface area contributed by atoms with E-state index in [0.29, 0.717) is 29.6 Å². The quantitative estimate of drug-likeness (QED) is 0.847. The molecule has 0 fully saturated rings. The maximum absolute atomic E-state index is 11.4. The number of H-pyrrole nitrogens is 1. The van der Waals surface area contributed by atoms with Crippen LogP contribution in [-0.4, -0.2) is 27.7 Å². The van der Waals surface area contributed by atoms with Crippen LogP contribution >= 0.6 is 11.6 Å². The van der Waals surface area contributed by atoms with E-state index in [1.165, 1.54) is 6.07 Å². The first-order valence-corrected chi connectivity index (χ1v) is 6.60.